The summed E-state index contributed by atoms with van der Waals surface area (Å²) >= 11 is 1.72. The van der Waals surface area contributed by atoms with Crippen LogP contribution in [0, 0.1) is 0 Å². The Bertz CT molecular complexity index is 907. The van der Waals surface area contributed by atoms with E-state index in [1.807, 2.05) is 36.4 Å². The van der Waals surface area contributed by atoms with Crippen LogP contribution in [0.25, 0.3) is 10.1 Å². The maximum absolute atomic E-state index is 10.3. The van der Waals surface area contributed by atoms with Crippen LogP contribution in [0.2, 0.25) is 0 Å². The van der Waals surface area contributed by atoms with E-state index in [9.17, 15) is 20.4 Å². The number of fused-ring (bicyclic) bond motifs is 1. The Balaban J connectivity index is 1.61. The van der Waals surface area contributed by atoms with Gasteiger partial charge in [0.15, 0.2) is 0 Å². The lowest BCUT2D eigenvalue weighted by Crippen LogP contribution is -2.55. The first-order chi connectivity index (χ1) is 13.1. The molecule has 2 heterocycles. The van der Waals surface area contributed by atoms with Crippen LogP contribution in [0.5, 0.6) is 0 Å². The molecule has 1 aliphatic rings. The van der Waals surface area contributed by atoms with Gasteiger partial charge in [0.05, 0.1) is 6.61 Å². The van der Waals surface area contributed by atoms with Crippen LogP contribution in [0.15, 0.2) is 54.6 Å². The summed E-state index contributed by atoms with van der Waals surface area (Å²) in [5.41, 5.74) is 1.96. The number of thiophene rings is 1. The molecular weight excluding hydrogens is 364 g/mol. The first-order valence-electron chi connectivity index (χ1n) is 8.93. The standard InChI is InChI=1S/C21H22O5S/c22-11-16-18(23)19(24)20(25)21(26-16)13-6-7-17-14(9-13)10-15(27-17)8-12-4-2-1-3-5-12/h1-7,9-10,16,18-25H,8,11H2/t16-,18-,19+,20-,21+/m1/s1. The lowest BCUT2D eigenvalue weighted by atomic mass is 9.91. The van der Waals surface area contributed by atoms with Crippen LogP contribution < -0.4 is 0 Å². The van der Waals surface area contributed by atoms with Crippen molar-refractivity contribution in [1.82, 2.24) is 0 Å². The van der Waals surface area contributed by atoms with Gasteiger partial charge in [-0.15, -0.1) is 11.3 Å². The van der Waals surface area contributed by atoms with Crippen molar-refractivity contribution in [2.45, 2.75) is 36.9 Å². The Hall–Kier alpha value is -1.80. The Kier molecular flexibility index (Phi) is 5.27. The third kappa shape index (κ3) is 3.65. The summed E-state index contributed by atoms with van der Waals surface area (Å²) in [5.74, 6) is 0. The van der Waals surface area contributed by atoms with Crippen molar-refractivity contribution in [2.24, 2.45) is 0 Å². The Morgan fingerprint density at radius 1 is 0.889 bits per heavy atom. The highest BCUT2D eigenvalue weighted by molar-refractivity contribution is 7.19. The summed E-state index contributed by atoms with van der Waals surface area (Å²) in [6.45, 7) is -0.427. The van der Waals surface area contributed by atoms with Gasteiger partial charge in [0.2, 0.25) is 0 Å². The summed E-state index contributed by atoms with van der Waals surface area (Å²) in [6.07, 6.45) is -4.82. The van der Waals surface area contributed by atoms with Crippen molar-refractivity contribution in [3.8, 4) is 0 Å². The van der Waals surface area contributed by atoms with E-state index < -0.39 is 37.1 Å². The van der Waals surface area contributed by atoms with E-state index in [4.69, 9.17) is 4.74 Å². The third-order valence-corrected chi connectivity index (χ3v) is 6.15. The minimum Gasteiger partial charge on any atom is -0.394 e. The molecule has 0 spiro atoms. The number of ether oxygens (including phenoxy) is 1. The van der Waals surface area contributed by atoms with Gasteiger partial charge in [-0.2, -0.15) is 0 Å². The summed E-state index contributed by atoms with van der Waals surface area (Å²) in [7, 11) is 0. The number of aliphatic hydroxyl groups excluding tert-OH is 4. The van der Waals surface area contributed by atoms with Gasteiger partial charge in [-0.1, -0.05) is 36.4 Å². The molecule has 4 rings (SSSR count). The molecule has 1 aliphatic heterocycles. The zero-order valence-corrected chi connectivity index (χ0v) is 15.4. The molecule has 0 radical (unpaired) electrons. The van der Waals surface area contributed by atoms with E-state index >= 15 is 0 Å². The highest BCUT2D eigenvalue weighted by Crippen LogP contribution is 2.35. The van der Waals surface area contributed by atoms with Crippen molar-refractivity contribution in [3.05, 3.63) is 70.6 Å². The fourth-order valence-electron chi connectivity index (χ4n) is 3.56. The second-order valence-electron chi connectivity index (χ2n) is 6.92. The van der Waals surface area contributed by atoms with Gasteiger partial charge < -0.3 is 25.2 Å². The van der Waals surface area contributed by atoms with E-state index in [1.54, 1.807) is 11.3 Å². The number of aliphatic hydroxyl groups is 4. The van der Waals surface area contributed by atoms with Gasteiger partial charge >= 0.3 is 0 Å². The molecule has 27 heavy (non-hydrogen) atoms. The van der Waals surface area contributed by atoms with Gasteiger partial charge in [0, 0.05) is 16.0 Å². The zero-order valence-electron chi connectivity index (χ0n) is 14.6. The van der Waals surface area contributed by atoms with Crippen LogP contribution in [-0.4, -0.2) is 51.4 Å². The monoisotopic (exact) mass is 386 g/mol. The molecule has 6 heteroatoms. The molecule has 0 amide bonds. The smallest absolute Gasteiger partial charge is 0.113 e. The van der Waals surface area contributed by atoms with Gasteiger partial charge in [-0.25, -0.2) is 0 Å². The Morgan fingerprint density at radius 2 is 1.67 bits per heavy atom. The van der Waals surface area contributed by atoms with Crippen LogP contribution in [-0.2, 0) is 11.2 Å². The molecule has 5 atom stereocenters. The van der Waals surface area contributed by atoms with Crippen LogP contribution in [0.4, 0.5) is 0 Å². The normalized spacial score (nSPS) is 28.5. The highest BCUT2D eigenvalue weighted by Gasteiger charge is 2.43. The van der Waals surface area contributed by atoms with Crippen LogP contribution in [0.3, 0.4) is 0 Å². The van der Waals surface area contributed by atoms with Crippen molar-refractivity contribution >= 4 is 21.4 Å². The molecule has 1 fully saturated rings. The van der Waals surface area contributed by atoms with E-state index in [-0.39, 0.29) is 0 Å². The van der Waals surface area contributed by atoms with E-state index in [1.165, 1.54) is 10.4 Å². The summed E-state index contributed by atoms with van der Waals surface area (Å²) in [4.78, 5) is 1.24. The average molecular weight is 386 g/mol. The van der Waals surface area contributed by atoms with Gasteiger partial charge in [0.1, 0.15) is 30.5 Å². The second-order valence-corrected chi connectivity index (χ2v) is 8.09. The molecule has 0 bridgehead atoms. The molecule has 0 unspecified atom stereocenters. The quantitative estimate of drug-likeness (QED) is 0.551. The average Bonchev–Trinajstić information content (AvgIpc) is 3.08. The fraction of sp³-hybridized carbons (Fsp3) is 0.333. The first kappa shape index (κ1) is 18.6. The van der Waals surface area contributed by atoms with Crippen molar-refractivity contribution < 1.29 is 25.2 Å². The first-order valence-corrected chi connectivity index (χ1v) is 9.75. The van der Waals surface area contributed by atoms with E-state index in [0.717, 1.165) is 16.5 Å². The fourth-order valence-corrected chi connectivity index (χ4v) is 4.63. The lowest BCUT2D eigenvalue weighted by Gasteiger charge is -2.40. The topological polar surface area (TPSA) is 90.2 Å². The molecule has 4 N–H and O–H groups in total. The zero-order chi connectivity index (χ0) is 19.0. The molecule has 3 aromatic rings. The summed E-state index contributed by atoms with van der Waals surface area (Å²) in [5, 5.41) is 40.7. The van der Waals surface area contributed by atoms with Crippen LogP contribution >= 0.6 is 11.3 Å². The maximum atomic E-state index is 10.3. The van der Waals surface area contributed by atoms with E-state index in [0.29, 0.717) is 5.56 Å². The molecule has 0 aliphatic carbocycles. The van der Waals surface area contributed by atoms with Crippen molar-refractivity contribution in [2.75, 3.05) is 6.61 Å². The third-order valence-electron chi connectivity index (χ3n) is 5.03. The number of hydrogen-bond acceptors (Lipinski definition) is 6. The number of hydrogen-bond donors (Lipinski definition) is 4. The summed E-state index contributed by atoms with van der Waals surface area (Å²) < 4.78 is 6.79. The largest absolute Gasteiger partial charge is 0.394 e. The van der Waals surface area contributed by atoms with Gasteiger partial charge in [-0.3, -0.25) is 0 Å². The lowest BCUT2D eigenvalue weighted by molar-refractivity contribution is -0.231. The number of benzene rings is 2. The Morgan fingerprint density at radius 3 is 2.41 bits per heavy atom. The molecule has 5 nitrogen and oxygen atoms in total. The second kappa shape index (κ2) is 7.67. The van der Waals surface area contributed by atoms with Gasteiger partial charge in [-0.05, 0) is 34.7 Å². The molecule has 142 valence electrons. The molecule has 0 saturated carbocycles. The molecule has 1 saturated heterocycles. The Labute approximate surface area is 161 Å². The molecular formula is C21H22O5S. The number of rotatable bonds is 4. The molecule has 2 aromatic carbocycles. The SMILES string of the molecule is OC[C@H]1O[C@@H](c2ccc3sc(Cc4ccccc4)cc3c2)[C@H](O)[C@@H](O)[C@@H]1O. The van der Waals surface area contributed by atoms with Crippen LogP contribution in [0.1, 0.15) is 22.1 Å². The summed E-state index contributed by atoms with van der Waals surface area (Å²) in [6, 6.07) is 18.2. The predicted octanol–water partition coefficient (Wildman–Crippen LogP) is 2.01. The van der Waals surface area contributed by atoms with Crippen molar-refractivity contribution in [1.29, 1.82) is 0 Å². The molecule has 1 aromatic heterocycles. The highest BCUT2D eigenvalue weighted by atomic mass is 32.1. The van der Waals surface area contributed by atoms with Crippen molar-refractivity contribution in [3.63, 3.8) is 0 Å². The predicted molar refractivity (Wildman–Crippen MR) is 104 cm³/mol. The minimum atomic E-state index is -1.37. The van der Waals surface area contributed by atoms with Gasteiger partial charge in [0.25, 0.3) is 0 Å². The maximum Gasteiger partial charge on any atom is 0.113 e. The minimum absolute atomic E-state index is 0.427. The van der Waals surface area contributed by atoms with E-state index in [2.05, 4.69) is 18.2 Å².